The van der Waals surface area contributed by atoms with Crippen LogP contribution in [0.3, 0.4) is 0 Å². The SMILES string of the molecule is CCCC(=O)OC[C@H]1O[C@@H](n2cnc3c(OC)nc(N)nc32)[C@@H](O)[C@@H]1O. The van der Waals surface area contributed by atoms with Crippen molar-refractivity contribution in [3.05, 3.63) is 6.33 Å². The smallest absolute Gasteiger partial charge is 0.305 e. The Balaban J connectivity index is 1.82. The first-order valence-corrected chi connectivity index (χ1v) is 8.17. The Labute approximate surface area is 148 Å². The second-order valence-corrected chi connectivity index (χ2v) is 5.89. The maximum atomic E-state index is 11.5. The number of aliphatic hydroxyl groups is 2. The average molecular weight is 367 g/mol. The van der Waals surface area contributed by atoms with E-state index in [1.165, 1.54) is 18.0 Å². The highest BCUT2D eigenvalue weighted by atomic mass is 16.6. The van der Waals surface area contributed by atoms with Crippen molar-refractivity contribution in [1.82, 2.24) is 19.5 Å². The Bertz CT molecular complexity index is 796. The molecule has 0 aromatic carbocycles. The number of esters is 1. The van der Waals surface area contributed by atoms with Gasteiger partial charge in [0.25, 0.3) is 0 Å². The summed E-state index contributed by atoms with van der Waals surface area (Å²) < 4.78 is 17.3. The second-order valence-electron chi connectivity index (χ2n) is 5.89. The summed E-state index contributed by atoms with van der Waals surface area (Å²) in [6.07, 6.45) is -2.07. The molecule has 1 fully saturated rings. The fourth-order valence-electron chi connectivity index (χ4n) is 2.78. The van der Waals surface area contributed by atoms with E-state index in [9.17, 15) is 15.0 Å². The molecular formula is C15H21N5O6. The zero-order valence-corrected chi connectivity index (χ0v) is 14.4. The molecule has 142 valence electrons. The van der Waals surface area contributed by atoms with Crippen LogP contribution >= 0.6 is 0 Å². The van der Waals surface area contributed by atoms with Crippen LogP contribution in [0.25, 0.3) is 11.2 Å². The molecule has 26 heavy (non-hydrogen) atoms. The Morgan fingerprint density at radius 1 is 1.38 bits per heavy atom. The largest absolute Gasteiger partial charge is 0.479 e. The third kappa shape index (κ3) is 3.28. The molecule has 0 bridgehead atoms. The molecule has 1 saturated heterocycles. The van der Waals surface area contributed by atoms with Crippen molar-refractivity contribution in [1.29, 1.82) is 0 Å². The van der Waals surface area contributed by atoms with Crippen molar-refractivity contribution >= 4 is 23.1 Å². The molecule has 4 atom stereocenters. The lowest BCUT2D eigenvalue weighted by Gasteiger charge is -2.16. The van der Waals surface area contributed by atoms with E-state index in [-0.39, 0.29) is 36.5 Å². The van der Waals surface area contributed by atoms with Crippen LogP contribution in [0.2, 0.25) is 0 Å². The molecular weight excluding hydrogens is 346 g/mol. The first-order valence-electron chi connectivity index (χ1n) is 8.17. The van der Waals surface area contributed by atoms with Gasteiger partial charge in [-0.15, -0.1) is 0 Å². The molecule has 0 unspecified atom stereocenters. The first-order chi connectivity index (χ1) is 12.5. The number of rotatable bonds is 6. The van der Waals surface area contributed by atoms with Gasteiger partial charge in [0, 0.05) is 6.42 Å². The van der Waals surface area contributed by atoms with Gasteiger partial charge in [-0.2, -0.15) is 9.97 Å². The number of aliphatic hydroxyl groups excluding tert-OH is 2. The van der Waals surface area contributed by atoms with E-state index in [0.29, 0.717) is 11.9 Å². The van der Waals surface area contributed by atoms with Crippen LogP contribution in [0, 0.1) is 0 Å². The first kappa shape index (κ1) is 18.3. The summed E-state index contributed by atoms with van der Waals surface area (Å²) in [5.41, 5.74) is 6.30. The van der Waals surface area contributed by atoms with Gasteiger partial charge >= 0.3 is 5.97 Å². The number of hydrogen-bond donors (Lipinski definition) is 3. The van der Waals surface area contributed by atoms with Crippen molar-refractivity contribution in [2.75, 3.05) is 19.5 Å². The molecule has 1 aliphatic rings. The van der Waals surface area contributed by atoms with E-state index in [1.54, 1.807) is 0 Å². The third-order valence-electron chi connectivity index (χ3n) is 4.07. The summed E-state index contributed by atoms with van der Waals surface area (Å²) in [5, 5.41) is 20.6. The quantitative estimate of drug-likeness (QED) is 0.562. The fraction of sp³-hybridized carbons (Fsp3) is 0.600. The summed E-state index contributed by atoms with van der Waals surface area (Å²) in [5.74, 6) is -0.238. The average Bonchev–Trinajstić information content (AvgIpc) is 3.15. The number of nitrogens with two attached hydrogens (primary N) is 1. The molecule has 11 heteroatoms. The maximum Gasteiger partial charge on any atom is 0.305 e. The lowest BCUT2D eigenvalue weighted by molar-refractivity contribution is -0.150. The highest BCUT2D eigenvalue weighted by Gasteiger charge is 2.45. The summed E-state index contributed by atoms with van der Waals surface area (Å²) in [7, 11) is 1.42. The van der Waals surface area contributed by atoms with Gasteiger partial charge in [0.15, 0.2) is 17.4 Å². The van der Waals surface area contributed by atoms with Crippen LogP contribution in [0.4, 0.5) is 5.95 Å². The zero-order valence-electron chi connectivity index (χ0n) is 14.4. The zero-order chi connectivity index (χ0) is 18.8. The van der Waals surface area contributed by atoms with Crippen molar-refractivity contribution in [3.63, 3.8) is 0 Å². The molecule has 0 amide bonds. The van der Waals surface area contributed by atoms with Crippen molar-refractivity contribution in [2.45, 2.75) is 44.3 Å². The molecule has 0 spiro atoms. The van der Waals surface area contributed by atoms with Crippen LogP contribution in [-0.2, 0) is 14.3 Å². The Kier molecular flexibility index (Phi) is 5.20. The number of ether oxygens (including phenoxy) is 3. The summed E-state index contributed by atoms with van der Waals surface area (Å²) in [6.45, 7) is 1.69. The molecule has 0 saturated carbocycles. The Hall–Kier alpha value is -2.50. The fourth-order valence-corrected chi connectivity index (χ4v) is 2.78. The minimum Gasteiger partial charge on any atom is -0.479 e. The van der Waals surface area contributed by atoms with Gasteiger partial charge in [-0.25, -0.2) is 4.98 Å². The van der Waals surface area contributed by atoms with Crippen LogP contribution in [0.15, 0.2) is 6.33 Å². The number of nitrogens with zero attached hydrogens (tertiary/aromatic N) is 4. The van der Waals surface area contributed by atoms with Crippen LogP contribution < -0.4 is 10.5 Å². The number of fused-ring (bicyclic) bond motifs is 1. The van der Waals surface area contributed by atoms with Gasteiger partial charge in [-0.1, -0.05) is 6.92 Å². The number of anilines is 1. The molecule has 3 rings (SSSR count). The van der Waals surface area contributed by atoms with E-state index in [4.69, 9.17) is 19.9 Å². The van der Waals surface area contributed by atoms with Crippen molar-refractivity contribution in [3.8, 4) is 5.88 Å². The molecule has 2 aromatic heterocycles. The van der Waals surface area contributed by atoms with Gasteiger partial charge in [-0.3, -0.25) is 9.36 Å². The second kappa shape index (κ2) is 7.40. The number of carbonyl (C=O) groups excluding carboxylic acids is 1. The number of aromatic nitrogens is 4. The van der Waals surface area contributed by atoms with Gasteiger partial charge in [0.1, 0.15) is 24.9 Å². The van der Waals surface area contributed by atoms with Crippen molar-refractivity contribution < 1.29 is 29.2 Å². The normalized spacial score (nSPS) is 25.5. The lowest BCUT2D eigenvalue weighted by Crippen LogP contribution is -2.34. The number of nitrogen functional groups attached to an aromatic ring is 1. The molecule has 0 radical (unpaired) electrons. The number of carbonyl (C=O) groups is 1. The van der Waals surface area contributed by atoms with Crippen LogP contribution in [-0.4, -0.2) is 67.7 Å². The summed E-state index contributed by atoms with van der Waals surface area (Å²) in [4.78, 5) is 23.7. The molecule has 11 nitrogen and oxygen atoms in total. The lowest BCUT2D eigenvalue weighted by atomic mass is 10.1. The van der Waals surface area contributed by atoms with E-state index in [2.05, 4.69) is 15.0 Å². The Morgan fingerprint density at radius 3 is 2.85 bits per heavy atom. The monoisotopic (exact) mass is 367 g/mol. The summed E-state index contributed by atoms with van der Waals surface area (Å²) in [6, 6.07) is 0. The number of methoxy groups -OCH3 is 1. The molecule has 0 aliphatic carbocycles. The van der Waals surface area contributed by atoms with Crippen LogP contribution in [0.1, 0.15) is 26.0 Å². The molecule has 2 aromatic rings. The van der Waals surface area contributed by atoms with E-state index < -0.39 is 24.5 Å². The predicted octanol–water partition coefficient (Wildman–Crippen LogP) is -0.620. The van der Waals surface area contributed by atoms with Crippen LogP contribution in [0.5, 0.6) is 5.88 Å². The highest BCUT2D eigenvalue weighted by molar-refractivity contribution is 5.77. The van der Waals surface area contributed by atoms with Gasteiger partial charge < -0.3 is 30.2 Å². The summed E-state index contributed by atoms with van der Waals surface area (Å²) >= 11 is 0. The predicted molar refractivity (Wildman–Crippen MR) is 88.1 cm³/mol. The highest BCUT2D eigenvalue weighted by Crippen LogP contribution is 2.33. The molecule has 1 aliphatic heterocycles. The van der Waals surface area contributed by atoms with Gasteiger partial charge in [-0.05, 0) is 6.42 Å². The maximum absolute atomic E-state index is 11.5. The molecule has 3 heterocycles. The Morgan fingerprint density at radius 2 is 2.15 bits per heavy atom. The molecule has 4 N–H and O–H groups in total. The van der Waals surface area contributed by atoms with E-state index >= 15 is 0 Å². The topological polar surface area (TPSA) is 155 Å². The van der Waals surface area contributed by atoms with E-state index in [1.807, 2.05) is 6.92 Å². The number of imidazole rings is 1. The van der Waals surface area contributed by atoms with E-state index in [0.717, 1.165) is 0 Å². The van der Waals surface area contributed by atoms with Gasteiger partial charge in [0.2, 0.25) is 11.8 Å². The van der Waals surface area contributed by atoms with Gasteiger partial charge in [0.05, 0.1) is 13.4 Å². The third-order valence-corrected chi connectivity index (χ3v) is 4.07. The minimum atomic E-state index is -1.27. The van der Waals surface area contributed by atoms with Crippen molar-refractivity contribution in [2.24, 2.45) is 0 Å². The number of hydrogen-bond acceptors (Lipinski definition) is 10. The minimum absolute atomic E-state index is 0.0332. The standard InChI is InChI=1S/C15H21N5O6/c1-3-4-8(21)25-5-7-10(22)11(23)14(26-7)20-6-17-9-12(20)18-15(16)19-13(9)24-2/h6-7,10-11,14,22-23H,3-5H2,1-2H3,(H2,16,18,19)/t7-,10-,11+,14-/m1/s1.